The Labute approximate surface area is 96.7 Å². The van der Waals surface area contributed by atoms with Gasteiger partial charge in [0.15, 0.2) is 0 Å². The summed E-state index contributed by atoms with van der Waals surface area (Å²) in [5.74, 6) is 4.99. The van der Waals surface area contributed by atoms with Crippen LogP contribution in [0.5, 0.6) is 0 Å². The lowest BCUT2D eigenvalue weighted by molar-refractivity contribution is -0.128. The van der Waals surface area contributed by atoms with Crippen molar-refractivity contribution in [3.05, 3.63) is 0 Å². The summed E-state index contributed by atoms with van der Waals surface area (Å²) in [6.45, 7) is 2.17. The van der Waals surface area contributed by atoms with Crippen molar-refractivity contribution in [1.29, 1.82) is 0 Å². The van der Waals surface area contributed by atoms with Gasteiger partial charge in [0.1, 0.15) is 6.04 Å². The Kier molecular flexibility index (Phi) is 5.14. The Morgan fingerprint density at radius 3 is 2.81 bits per heavy atom. The molecule has 0 bridgehead atoms. The Balaban J connectivity index is 2.56. The van der Waals surface area contributed by atoms with E-state index in [1.54, 1.807) is 7.11 Å². The lowest BCUT2D eigenvalue weighted by Crippen LogP contribution is -2.51. The first kappa shape index (κ1) is 13.4. The maximum absolute atomic E-state index is 11.6. The minimum absolute atomic E-state index is 0.179. The van der Waals surface area contributed by atoms with E-state index in [0.29, 0.717) is 12.6 Å². The average molecular weight is 230 g/mol. The number of hydrogen-bond donors (Lipinski definition) is 2. The predicted molar refractivity (Wildman–Crippen MR) is 61.7 cm³/mol. The molecule has 94 valence electrons. The van der Waals surface area contributed by atoms with Gasteiger partial charge in [-0.3, -0.25) is 15.1 Å². The van der Waals surface area contributed by atoms with Crippen LogP contribution in [0.15, 0.2) is 0 Å². The lowest BCUT2D eigenvalue weighted by atomic mass is 10.2. The standard InChI is InChI=1S/C10H22N4O2/c1-13(2)8-4-5-14(6-8)9(7-16-3)10(15)12-11/h8-9H,4-7,11H2,1-3H3,(H,12,15). The summed E-state index contributed by atoms with van der Waals surface area (Å²) in [7, 11) is 5.71. The normalized spacial score (nSPS) is 23.7. The van der Waals surface area contributed by atoms with E-state index in [9.17, 15) is 4.79 Å². The molecule has 1 fully saturated rings. The zero-order valence-electron chi connectivity index (χ0n) is 10.3. The monoisotopic (exact) mass is 230 g/mol. The highest BCUT2D eigenvalue weighted by atomic mass is 16.5. The van der Waals surface area contributed by atoms with E-state index in [4.69, 9.17) is 10.6 Å². The Hall–Kier alpha value is -0.690. The summed E-state index contributed by atoms with van der Waals surface area (Å²) in [6, 6.07) is 0.227. The van der Waals surface area contributed by atoms with Gasteiger partial charge in [0.25, 0.3) is 5.91 Å². The number of hydrazine groups is 1. The number of methoxy groups -OCH3 is 1. The van der Waals surface area contributed by atoms with Crippen molar-refractivity contribution in [2.24, 2.45) is 5.84 Å². The number of nitrogens with one attached hydrogen (secondary N) is 1. The van der Waals surface area contributed by atoms with Crippen LogP contribution in [0.2, 0.25) is 0 Å². The number of rotatable bonds is 5. The third-order valence-corrected chi connectivity index (χ3v) is 3.14. The molecule has 2 atom stereocenters. The van der Waals surface area contributed by atoms with Crippen molar-refractivity contribution < 1.29 is 9.53 Å². The summed E-state index contributed by atoms with van der Waals surface area (Å²) in [6.07, 6.45) is 1.07. The first-order chi connectivity index (χ1) is 7.60. The van der Waals surface area contributed by atoms with Gasteiger partial charge in [-0.2, -0.15) is 0 Å². The van der Waals surface area contributed by atoms with E-state index in [2.05, 4.69) is 29.3 Å². The van der Waals surface area contributed by atoms with E-state index in [-0.39, 0.29) is 11.9 Å². The Bertz CT molecular complexity index is 235. The van der Waals surface area contributed by atoms with Gasteiger partial charge < -0.3 is 9.64 Å². The highest BCUT2D eigenvalue weighted by Crippen LogP contribution is 2.16. The van der Waals surface area contributed by atoms with Crippen LogP contribution in [0.4, 0.5) is 0 Å². The number of amides is 1. The van der Waals surface area contributed by atoms with Crippen LogP contribution in [0.25, 0.3) is 0 Å². The molecule has 1 amide bonds. The van der Waals surface area contributed by atoms with Crippen molar-refractivity contribution >= 4 is 5.91 Å². The van der Waals surface area contributed by atoms with Crippen molar-refractivity contribution in [1.82, 2.24) is 15.2 Å². The number of nitrogens with zero attached hydrogens (tertiary/aromatic N) is 2. The highest BCUT2D eigenvalue weighted by Gasteiger charge is 2.32. The molecule has 2 unspecified atom stereocenters. The molecule has 6 nitrogen and oxygen atoms in total. The summed E-state index contributed by atoms with van der Waals surface area (Å²) < 4.78 is 5.06. The van der Waals surface area contributed by atoms with E-state index in [1.165, 1.54) is 0 Å². The molecule has 1 aliphatic heterocycles. The number of likely N-dealkylation sites (N-methyl/N-ethyl adjacent to an activating group) is 1. The fourth-order valence-electron chi connectivity index (χ4n) is 2.07. The van der Waals surface area contributed by atoms with Crippen LogP contribution >= 0.6 is 0 Å². The maximum Gasteiger partial charge on any atom is 0.253 e. The molecule has 0 aromatic heterocycles. The largest absolute Gasteiger partial charge is 0.383 e. The number of carbonyl (C=O) groups excluding carboxylic acids is 1. The second-order valence-corrected chi connectivity index (χ2v) is 4.38. The molecular formula is C10H22N4O2. The van der Waals surface area contributed by atoms with Gasteiger partial charge in [-0.1, -0.05) is 0 Å². The number of ether oxygens (including phenoxy) is 1. The maximum atomic E-state index is 11.6. The van der Waals surface area contributed by atoms with Crippen LogP contribution in [-0.4, -0.2) is 68.7 Å². The zero-order valence-corrected chi connectivity index (χ0v) is 10.3. The zero-order chi connectivity index (χ0) is 12.1. The fraction of sp³-hybridized carbons (Fsp3) is 0.900. The van der Waals surface area contributed by atoms with E-state index >= 15 is 0 Å². The minimum Gasteiger partial charge on any atom is -0.383 e. The minimum atomic E-state index is -0.278. The van der Waals surface area contributed by atoms with Gasteiger partial charge >= 0.3 is 0 Å². The molecule has 1 rings (SSSR count). The van der Waals surface area contributed by atoms with Gasteiger partial charge in [0, 0.05) is 26.2 Å². The number of carbonyl (C=O) groups is 1. The molecular weight excluding hydrogens is 208 g/mol. The van der Waals surface area contributed by atoms with Crippen molar-refractivity contribution in [2.45, 2.75) is 18.5 Å². The predicted octanol–water partition coefficient (Wildman–Crippen LogP) is -1.37. The summed E-state index contributed by atoms with van der Waals surface area (Å²) in [4.78, 5) is 15.9. The third-order valence-electron chi connectivity index (χ3n) is 3.14. The van der Waals surface area contributed by atoms with Gasteiger partial charge in [-0.25, -0.2) is 5.84 Å². The molecule has 1 heterocycles. The van der Waals surface area contributed by atoms with Crippen LogP contribution in [0.3, 0.4) is 0 Å². The van der Waals surface area contributed by atoms with E-state index < -0.39 is 0 Å². The molecule has 1 aliphatic rings. The van der Waals surface area contributed by atoms with E-state index in [1.807, 2.05) is 0 Å². The van der Waals surface area contributed by atoms with Crippen molar-refractivity contribution in [2.75, 3.05) is 40.9 Å². The van der Waals surface area contributed by atoms with E-state index in [0.717, 1.165) is 19.5 Å². The fourth-order valence-corrected chi connectivity index (χ4v) is 2.07. The number of likely N-dealkylation sites (tertiary alicyclic amines) is 1. The van der Waals surface area contributed by atoms with Gasteiger partial charge in [0.05, 0.1) is 6.61 Å². The molecule has 1 saturated heterocycles. The van der Waals surface area contributed by atoms with Gasteiger partial charge in [-0.05, 0) is 20.5 Å². The smallest absolute Gasteiger partial charge is 0.253 e. The summed E-state index contributed by atoms with van der Waals surface area (Å²) in [5, 5.41) is 0. The Morgan fingerprint density at radius 1 is 1.69 bits per heavy atom. The quantitative estimate of drug-likeness (QED) is 0.346. The molecule has 0 saturated carbocycles. The second-order valence-electron chi connectivity index (χ2n) is 4.38. The van der Waals surface area contributed by atoms with Crippen LogP contribution in [0.1, 0.15) is 6.42 Å². The van der Waals surface area contributed by atoms with Crippen molar-refractivity contribution in [3.8, 4) is 0 Å². The Morgan fingerprint density at radius 2 is 2.38 bits per heavy atom. The third kappa shape index (κ3) is 3.15. The number of nitrogens with two attached hydrogens (primary N) is 1. The lowest BCUT2D eigenvalue weighted by Gasteiger charge is -2.26. The molecule has 16 heavy (non-hydrogen) atoms. The molecule has 0 aromatic carbocycles. The second kappa shape index (κ2) is 6.15. The number of hydrogen-bond acceptors (Lipinski definition) is 5. The van der Waals surface area contributed by atoms with Crippen LogP contribution in [0, 0.1) is 0 Å². The molecule has 0 spiro atoms. The van der Waals surface area contributed by atoms with Gasteiger partial charge in [0.2, 0.25) is 0 Å². The molecule has 6 heteroatoms. The summed E-state index contributed by atoms with van der Waals surface area (Å²) >= 11 is 0. The van der Waals surface area contributed by atoms with Gasteiger partial charge in [-0.15, -0.1) is 0 Å². The summed E-state index contributed by atoms with van der Waals surface area (Å²) in [5.41, 5.74) is 2.20. The first-order valence-electron chi connectivity index (χ1n) is 5.50. The van der Waals surface area contributed by atoms with Crippen LogP contribution < -0.4 is 11.3 Å². The molecule has 3 N–H and O–H groups in total. The molecule has 0 radical (unpaired) electrons. The average Bonchev–Trinajstić information content (AvgIpc) is 2.74. The molecule has 0 aromatic rings. The highest BCUT2D eigenvalue weighted by molar-refractivity contribution is 5.81. The SMILES string of the molecule is COCC(C(=O)NN)N1CCC(N(C)C)C1. The van der Waals surface area contributed by atoms with Crippen molar-refractivity contribution in [3.63, 3.8) is 0 Å². The van der Waals surface area contributed by atoms with Crippen LogP contribution in [-0.2, 0) is 9.53 Å². The first-order valence-corrected chi connectivity index (χ1v) is 5.50. The molecule has 0 aliphatic carbocycles. The topological polar surface area (TPSA) is 70.8 Å².